The van der Waals surface area contributed by atoms with Gasteiger partial charge >= 0.3 is 0 Å². The zero-order chi connectivity index (χ0) is 17.7. The highest BCUT2D eigenvalue weighted by atomic mass is 32.2. The van der Waals surface area contributed by atoms with Crippen molar-refractivity contribution in [3.8, 4) is 11.5 Å². The van der Waals surface area contributed by atoms with Crippen molar-refractivity contribution in [2.45, 2.75) is 37.0 Å². The Kier molecular flexibility index (Phi) is 5.48. The molecule has 3 rings (SSSR count). The summed E-state index contributed by atoms with van der Waals surface area (Å²) in [7, 11) is -3.67. The zero-order valence-electron chi connectivity index (χ0n) is 14.0. The second-order valence-corrected chi connectivity index (χ2v) is 8.12. The molecule has 0 unspecified atom stereocenters. The lowest BCUT2D eigenvalue weighted by Gasteiger charge is -2.21. The second kappa shape index (κ2) is 7.78. The Hall–Kier alpha value is -2.21. The highest BCUT2D eigenvalue weighted by Gasteiger charge is 2.16. The molecule has 0 aromatic heterocycles. The first kappa shape index (κ1) is 17.6. The smallest absolute Gasteiger partial charge is 0.261 e. The van der Waals surface area contributed by atoms with Gasteiger partial charge in [0.25, 0.3) is 10.0 Å². The molecule has 0 spiro atoms. The summed E-state index contributed by atoms with van der Waals surface area (Å²) in [6, 6.07) is 12.3. The highest BCUT2D eigenvalue weighted by molar-refractivity contribution is 7.92. The van der Waals surface area contributed by atoms with E-state index in [1.165, 1.54) is 56.4 Å². The zero-order valence-corrected chi connectivity index (χ0v) is 14.8. The first-order valence-electron chi connectivity index (χ1n) is 8.58. The number of rotatable bonds is 6. The fourth-order valence-electron chi connectivity index (χ4n) is 3.03. The molecule has 2 aromatic rings. The number of hydrogen-bond acceptors (Lipinski definition) is 4. The van der Waals surface area contributed by atoms with Gasteiger partial charge in [0.05, 0.1) is 11.5 Å². The molecule has 25 heavy (non-hydrogen) atoms. The minimum absolute atomic E-state index is 0.0856. The van der Waals surface area contributed by atoms with Gasteiger partial charge in [-0.15, -0.1) is 0 Å². The molecule has 0 aliphatic heterocycles. The van der Waals surface area contributed by atoms with E-state index in [0.717, 1.165) is 0 Å². The normalized spacial score (nSPS) is 15.7. The quantitative estimate of drug-likeness (QED) is 0.758. The Balaban J connectivity index is 1.61. The van der Waals surface area contributed by atoms with Crippen LogP contribution < -0.4 is 9.46 Å². The number of anilines is 1. The van der Waals surface area contributed by atoms with E-state index in [-0.39, 0.29) is 10.6 Å². The van der Waals surface area contributed by atoms with E-state index >= 15 is 0 Å². The van der Waals surface area contributed by atoms with Crippen LogP contribution in [0.15, 0.2) is 53.4 Å². The molecule has 2 N–H and O–H groups in total. The number of benzene rings is 2. The maximum absolute atomic E-state index is 12.4. The molecule has 0 bridgehead atoms. The van der Waals surface area contributed by atoms with Crippen LogP contribution in [-0.2, 0) is 10.0 Å². The summed E-state index contributed by atoms with van der Waals surface area (Å²) in [6.07, 6.45) is 6.28. The number of phenolic OH excluding ortho intramolecular Hbond substituents is 1. The molecule has 0 heterocycles. The van der Waals surface area contributed by atoms with Gasteiger partial charge in [0.15, 0.2) is 0 Å². The summed E-state index contributed by atoms with van der Waals surface area (Å²) in [5.41, 5.74) is 0.399. The van der Waals surface area contributed by atoms with Crippen LogP contribution in [0.2, 0.25) is 0 Å². The lowest BCUT2D eigenvalue weighted by atomic mass is 9.90. The van der Waals surface area contributed by atoms with E-state index in [2.05, 4.69) is 4.72 Å². The van der Waals surface area contributed by atoms with E-state index in [0.29, 0.717) is 24.0 Å². The summed E-state index contributed by atoms with van der Waals surface area (Å²) >= 11 is 0. The molecule has 134 valence electrons. The molecule has 2 aromatic carbocycles. The van der Waals surface area contributed by atoms with Crippen molar-refractivity contribution in [3.63, 3.8) is 0 Å². The van der Waals surface area contributed by atoms with E-state index in [1.54, 1.807) is 24.3 Å². The minimum Gasteiger partial charge on any atom is -0.508 e. The molecule has 1 fully saturated rings. The number of ether oxygens (including phenoxy) is 1. The van der Waals surface area contributed by atoms with Crippen LogP contribution in [0.25, 0.3) is 0 Å². The lowest BCUT2D eigenvalue weighted by molar-refractivity contribution is 0.209. The molecule has 0 atom stereocenters. The van der Waals surface area contributed by atoms with Gasteiger partial charge in [0, 0.05) is 5.69 Å². The molecular weight excluding hydrogens is 338 g/mol. The molecule has 5 nitrogen and oxygen atoms in total. The van der Waals surface area contributed by atoms with Crippen LogP contribution in [0.5, 0.6) is 11.5 Å². The molecule has 1 aliphatic carbocycles. The first-order valence-corrected chi connectivity index (χ1v) is 10.1. The van der Waals surface area contributed by atoms with Crippen molar-refractivity contribution < 1.29 is 18.3 Å². The third-order valence-corrected chi connectivity index (χ3v) is 5.86. The number of phenols is 1. The average molecular weight is 361 g/mol. The Morgan fingerprint density at radius 2 is 1.60 bits per heavy atom. The second-order valence-electron chi connectivity index (χ2n) is 6.44. The van der Waals surface area contributed by atoms with Crippen LogP contribution >= 0.6 is 0 Å². The summed E-state index contributed by atoms with van der Waals surface area (Å²) in [5, 5.41) is 9.26. The van der Waals surface area contributed by atoms with Crippen molar-refractivity contribution in [1.82, 2.24) is 0 Å². The van der Waals surface area contributed by atoms with Gasteiger partial charge in [-0.1, -0.05) is 19.3 Å². The third kappa shape index (κ3) is 4.89. The van der Waals surface area contributed by atoms with Crippen LogP contribution in [0.1, 0.15) is 32.1 Å². The largest absolute Gasteiger partial charge is 0.508 e. The monoisotopic (exact) mass is 361 g/mol. The number of hydrogen-bond donors (Lipinski definition) is 2. The fourth-order valence-corrected chi connectivity index (χ4v) is 4.09. The summed E-state index contributed by atoms with van der Waals surface area (Å²) < 4.78 is 33.1. The maximum Gasteiger partial charge on any atom is 0.261 e. The van der Waals surface area contributed by atoms with Gasteiger partial charge in [-0.05, 0) is 67.3 Å². The van der Waals surface area contributed by atoms with Crippen molar-refractivity contribution in [2.24, 2.45) is 5.92 Å². The van der Waals surface area contributed by atoms with Gasteiger partial charge in [-0.3, -0.25) is 4.72 Å². The van der Waals surface area contributed by atoms with Gasteiger partial charge in [0.2, 0.25) is 0 Å². The molecular formula is C19H23NO4S. The SMILES string of the molecule is O=S(=O)(Nc1ccc(O)cc1)c1ccc(OCC2CCCCC2)cc1. The van der Waals surface area contributed by atoms with E-state index in [9.17, 15) is 13.5 Å². The predicted octanol–water partition coefficient (Wildman–Crippen LogP) is 4.15. The fraction of sp³-hybridized carbons (Fsp3) is 0.368. The Morgan fingerprint density at radius 1 is 0.960 bits per heavy atom. The van der Waals surface area contributed by atoms with Crippen molar-refractivity contribution >= 4 is 15.7 Å². The molecule has 0 amide bonds. The van der Waals surface area contributed by atoms with Crippen LogP contribution in [0.4, 0.5) is 5.69 Å². The molecule has 6 heteroatoms. The predicted molar refractivity (Wildman–Crippen MR) is 97.4 cm³/mol. The van der Waals surface area contributed by atoms with E-state index in [4.69, 9.17) is 4.74 Å². The van der Waals surface area contributed by atoms with Crippen molar-refractivity contribution in [3.05, 3.63) is 48.5 Å². The number of nitrogens with one attached hydrogen (secondary N) is 1. The molecule has 0 saturated heterocycles. The number of sulfonamides is 1. The molecule has 1 aliphatic rings. The maximum atomic E-state index is 12.4. The van der Waals surface area contributed by atoms with Crippen molar-refractivity contribution in [1.29, 1.82) is 0 Å². The van der Waals surface area contributed by atoms with Crippen molar-refractivity contribution in [2.75, 3.05) is 11.3 Å². The van der Waals surface area contributed by atoms with Crippen LogP contribution in [0.3, 0.4) is 0 Å². The van der Waals surface area contributed by atoms with Gasteiger partial charge < -0.3 is 9.84 Å². The van der Waals surface area contributed by atoms with Gasteiger partial charge in [-0.2, -0.15) is 0 Å². The molecule has 1 saturated carbocycles. The third-order valence-electron chi connectivity index (χ3n) is 4.46. The minimum atomic E-state index is -3.67. The average Bonchev–Trinajstić information content (AvgIpc) is 2.63. The van der Waals surface area contributed by atoms with E-state index in [1.807, 2.05) is 0 Å². The summed E-state index contributed by atoms with van der Waals surface area (Å²) in [5.74, 6) is 1.38. The van der Waals surface area contributed by atoms with Gasteiger partial charge in [0.1, 0.15) is 11.5 Å². The van der Waals surface area contributed by atoms with Crippen LogP contribution in [-0.4, -0.2) is 20.1 Å². The summed E-state index contributed by atoms with van der Waals surface area (Å²) in [6.45, 7) is 0.692. The van der Waals surface area contributed by atoms with Crippen LogP contribution in [0, 0.1) is 5.92 Å². The Morgan fingerprint density at radius 3 is 2.24 bits per heavy atom. The Labute approximate surface area is 148 Å². The molecule has 0 radical (unpaired) electrons. The first-order chi connectivity index (χ1) is 12.0. The lowest BCUT2D eigenvalue weighted by Crippen LogP contribution is -2.15. The van der Waals surface area contributed by atoms with Gasteiger partial charge in [-0.25, -0.2) is 8.42 Å². The topological polar surface area (TPSA) is 75.6 Å². The van der Waals surface area contributed by atoms with E-state index < -0.39 is 10.0 Å². The Bertz CT molecular complexity index is 779. The standard InChI is InChI=1S/C19H23NO4S/c21-17-8-6-16(7-9-17)20-25(22,23)19-12-10-18(11-13-19)24-14-15-4-2-1-3-5-15/h6-13,15,20-21H,1-5,14H2. The highest BCUT2D eigenvalue weighted by Crippen LogP contribution is 2.25. The number of aromatic hydroxyl groups is 1. The summed E-state index contributed by atoms with van der Waals surface area (Å²) in [4.78, 5) is 0.172.